The number of aromatic hydroxyl groups is 1. The first-order valence-electron chi connectivity index (χ1n) is 5.61. The molecule has 0 aromatic carbocycles. The number of nitrogens with zero attached hydrogens (tertiary/aromatic N) is 3. The van der Waals surface area contributed by atoms with E-state index in [1.54, 1.807) is 13.1 Å². The van der Waals surface area contributed by atoms with Gasteiger partial charge in [-0.2, -0.15) is 5.10 Å². The predicted molar refractivity (Wildman–Crippen MR) is 74.6 cm³/mol. The minimum atomic E-state index is -0.210. The Morgan fingerprint density at radius 3 is 2.79 bits per heavy atom. The topological polar surface area (TPSA) is 90.6 Å². The number of hydrogen-bond donors (Lipinski definition) is 3. The van der Waals surface area contributed by atoms with Gasteiger partial charge in [-0.25, -0.2) is 4.98 Å². The number of aryl methyl sites for hydroxylation is 2. The van der Waals surface area contributed by atoms with Crippen molar-refractivity contribution in [2.24, 2.45) is 5.10 Å². The quantitative estimate of drug-likeness (QED) is 0.586. The zero-order chi connectivity index (χ0) is 13.8. The van der Waals surface area contributed by atoms with Crippen molar-refractivity contribution in [3.63, 3.8) is 0 Å². The second-order valence-electron chi connectivity index (χ2n) is 3.94. The fourth-order valence-electron chi connectivity index (χ4n) is 1.48. The molecule has 0 aliphatic heterocycles. The highest BCUT2D eigenvalue weighted by molar-refractivity contribution is 7.15. The Kier molecular flexibility index (Phi) is 4.08. The van der Waals surface area contributed by atoms with E-state index in [2.05, 4.69) is 20.5 Å². The number of thiazole rings is 1. The molecule has 2 aromatic heterocycles. The lowest BCUT2D eigenvalue weighted by Gasteiger charge is -2.06. The summed E-state index contributed by atoms with van der Waals surface area (Å²) >= 11 is 1.48. The zero-order valence-electron chi connectivity index (χ0n) is 10.6. The number of rotatable bonds is 4. The van der Waals surface area contributed by atoms with Gasteiger partial charge in [0.05, 0.1) is 18.5 Å². The van der Waals surface area contributed by atoms with Crippen LogP contribution in [0, 0.1) is 13.8 Å². The first kappa shape index (κ1) is 13.4. The van der Waals surface area contributed by atoms with Crippen LogP contribution in [-0.4, -0.2) is 26.4 Å². The minimum Gasteiger partial charge on any atom is -0.505 e. The third-order valence-corrected chi connectivity index (χ3v) is 3.32. The minimum absolute atomic E-state index is 0.0208. The van der Waals surface area contributed by atoms with E-state index in [9.17, 15) is 10.2 Å². The first-order chi connectivity index (χ1) is 9.11. The molecule has 0 aliphatic rings. The average Bonchev–Trinajstić information content (AvgIpc) is 2.80. The van der Waals surface area contributed by atoms with Crippen molar-refractivity contribution >= 4 is 22.7 Å². The van der Waals surface area contributed by atoms with Crippen LogP contribution < -0.4 is 5.43 Å². The zero-order valence-corrected chi connectivity index (χ0v) is 11.4. The van der Waals surface area contributed by atoms with Crippen LogP contribution in [0.1, 0.15) is 21.7 Å². The Hall–Kier alpha value is -1.99. The van der Waals surface area contributed by atoms with Gasteiger partial charge in [0.25, 0.3) is 0 Å². The Bertz CT molecular complexity index is 610. The van der Waals surface area contributed by atoms with Crippen LogP contribution in [0.15, 0.2) is 17.5 Å². The smallest absolute Gasteiger partial charge is 0.203 e. The van der Waals surface area contributed by atoms with E-state index in [1.165, 1.54) is 23.7 Å². The van der Waals surface area contributed by atoms with Crippen molar-refractivity contribution in [3.05, 3.63) is 34.1 Å². The van der Waals surface area contributed by atoms with Crippen LogP contribution in [0.2, 0.25) is 0 Å². The van der Waals surface area contributed by atoms with Crippen LogP contribution in [0.25, 0.3) is 0 Å². The highest BCUT2D eigenvalue weighted by Gasteiger charge is 2.09. The van der Waals surface area contributed by atoms with Crippen molar-refractivity contribution in [2.75, 3.05) is 5.43 Å². The van der Waals surface area contributed by atoms with Gasteiger partial charge in [-0.05, 0) is 13.8 Å². The molecule has 2 rings (SSSR count). The number of hydrazone groups is 1. The van der Waals surface area contributed by atoms with E-state index in [4.69, 9.17) is 0 Å². The van der Waals surface area contributed by atoms with Gasteiger partial charge in [-0.1, -0.05) is 0 Å². The molecule has 0 spiro atoms. The number of aliphatic hydroxyl groups is 1. The van der Waals surface area contributed by atoms with Gasteiger partial charge in [0.2, 0.25) is 5.13 Å². The normalized spacial score (nSPS) is 11.1. The molecule has 2 aromatic rings. The van der Waals surface area contributed by atoms with Crippen molar-refractivity contribution in [2.45, 2.75) is 20.5 Å². The fraction of sp³-hybridized carbons (Fsp3) is 0.250. The molecule has 0 bridgehead atoms. The maximum absolute atomic E-state index is 9.91. The molecule has 0 fully saturated rings. The molecule has 0 radical (unpaired) electrons. The summed E-state index contributed by atoms with van der Waals surface area (Å²) < 4.78 is 0. The van der Waals surface area contributed by atoms with Crippen LogP contribution >= 0.6 is 11.3 Å². The molecular formula is C12H14N4O2S. The molecule has 0 saturated heterocycles. The van der Waals surface area contributed by atoms with Gasteiger partial charge < -0.3 is 10.2 Å². The maximum atomic E-state index is 9.91. The maximum Gasteiger partial charge on any atom is 0.203 e. The van der Waals surface area contributed by atoms with Gasteiger partial charge in [-0.3, -0.25) is 10.4 Å². The lowest BCUT2D eigenvalue weighted by molar-refractivity contribution is 0.280. The highest BCUT2D eigenvalue weighted by Crippen LogP contribution is 2.22. The van der Waals surface area contributed by atoms with Gasteiger partial charge in [0, 0.05) is 28.4 Å². The molecule has 0 unspecified atom stereocenters. The third kappa shape index (κ3) is 3.07. The van der Waals surface area contributed by atoms with Crippen molar-refractivity contribution < 1.29 is 10.2 Å². The third-order valence-electron chi connectivity index (χ3n) is 2.50. The standard InChI is InChI=1S/C12H14N4O2S/c1-7-3-14-12(19-7)16-15-5-10-9(6-17)4-13-8(2)11(10)18/h3-5,17-18H,6H2,1-2H3,(H,14,16)/b15-5-. The van der Waals surface area contributed by atoms with Gasteiger partial charge in [-0.15, -0.1) is 11.3 Å². The van der Waals surface area contributed by atoms with E-state index in [-0.39, 0.29) is 12.4 Å². The number of aliphatic hydroxyl groups excluding tert-OH is 1. The summed E-state index contributed by atoms with van der Waals surface area (Å²) in [5.74, 6) is 0.0208. The van der Waals surface area contributed by atoms with Crippen LogP contribution in [-0.2, 0) is 6.61 Å². The molecular weight excluding hydrogens is 264 g/mol. The largest absolute Gasteiger partial charge is 0.505 e. The van der Waals surface area contributed by atoms with E-state index in [0.29, 0.717) is 22.0 Å². The Balaban J connectivity index is 2.20. The summed E-state index contributed by atoms with van der Waals surface area (Å²) in [6.45, 7) is 3.43. The summed E-state index contributed by atoms with van der Waals surface area (Å²) in [5.41, 5.74) is 4.24. The van der Waals surface area contributed by atoms with E-state index < -0.39 is 0 Å². The van der Waals surface area contributed by atoms with Gasteiger partial charge in [0.1, 0.15) is 5.75 Å². The Labute approximate surface area is 114 Å². The second-order valence-corrected chi connectivity index (χ2v) is 5.17. The predicted octanol–water partition coefficient (Wildman–Crippen LogP) is 1.80. The van der Waals surface area contributed by atoms with E-state index >= 15 is 0 Å². The molecule has 2 heterocycles. The summed E-state index contributed by atoms with van der Waals surface area (Å²) in [6.07, 6.45) is 4.71. The Morgan fingerprint density at radius 2 is 2.16 bits per heavy atom. The van der Waals surface area contributed by atoms with Crippen molar-refractivity contribution in [1.29, 1.82) is 0 Å². The average molecular weight is 278 g/mol. The molecule has 0 amide bonds. The monoisotopic (exact) mass is 278 g/mol. The molecule has 19 heavy (non-hydrogen) atoms. The van der Waals surface area contributed by atoms with E-state index in [0.717, 1.165) is 4.88 Å². The molecule has 0 aliphatic carbocycles. The van der Waals surface area contributed by atoms with Crippen LogP contribution in [0.4, 0.5) is 5.13 Å². The fourth-order valence-corrected chi connectivity index (χ4v) is 2.10. The summed E-state index contributed by atoms with van der Waals surface area (Å²) in [5, 5.41) is 23.8. The molecule has 100 valence electrons. The van der Waals surface area contributed by atoms with Crippen molar-refractivity contribution in [3.8, 4) is 5.75 Å². The summed E-state index contributed by atoms with van der Waals surface area (Å²) in [4.78, 5) is 9.16. The molecule has 0 saturated carbocycles. The number of nitrogens with one attached hydrogen (secondary N) is 1. The summed E-state index contributed by atoms with van der Waals surface area (Å²) in [7, 11) is 0. The molecule has 7 heteroatoms. The van der Waals surface area contributed by atoms with E-state index in [1.807, 2.05) is 6.92 Å². The first-order valence-corrected chi connectivity index (χ1v) is 6.43. The lowest BCUT2D eigenvalue weighted by atomic mass is 10.1. The number of hydrogen-bond acceptors (Lipinski definition) is 7. The molecule has 3 N–H and O–H groups in total. The SMILES string of the molecule is Cc1cnc(N/N=C\c2c(CO)cnc(C)c2O)s1. The number of aromatic nitrogens is 2. The number of pyridine rings is 1. The molecule has 6 nitrogen and oxygen atoms in total. The highest BCUT2D eigenvalue weighted by atomic mass is 32.1. The lowest BCUT2D eigenvalue weighted by Crippen LogP contribution is -1.99. The van der Waals surface area contributed by atoms with Gasteiger partial charge in [0.15, 0.2) is 0 Å². The van der Waals surface area contributed by atoms with Gasteiger partial charge >= 0.3 is 0 Å². The molecule has 0 atom stereocenters. The van der Waals surface area contributed by atoms with Crippen molar-refractivity contribution in [1.82, 2.24) is 9.97 Å². The second kappa shape index (κ2) is 5.77. The number of anilines is 1. The summed E-state index contributed by atoms with van der Waals surface area (Å²) in [6, 6.07) is 0. The van der Waals surface area contributed by atoms with Crippen LogP contribution in [0.5, 0.6) is 5.75 Å². The Morgan fingerprint density at radius 1 is 1.37 bits per heavy atom. The van der Waals surface area contributed by atoms with Crippen LogP contribution in [0.3, 0.4) is 0 Å².